The number of rotatable bonds is 5. The van der Waals surface area contributed by atoms with Crippen molar-refractivity contribution >= 4 is 5.82 Å². The highest BCUT2D eigenvalue weighted by atomic mass is 16.5. The number of nitrogen functional groups attached to an aromatic ring is 1. The lowest BCUT2D eigenvalue weighted by molar-refractivity contribution is 0.295. The molecule has 0 aliphatic rings. The number of anilines is 1. The van der Waals surface area contributed by atoms with Crippen molar-refractivity contribution in [3.05, 3.63) is 36.3 Å². The molecule has 6 heteroatoms. The fraction of sp³-hybridized carbons (Fsp3) is 0.231. The smallest absolute Gasteiger partial charge is 0.141 e. The minimum absolute atomic E-state index is 0.295. The third kappa shape index (κ3) is 3.48. The first kappa shape index (κ1) is 12.9. The largest absolute Gasteiger partial charge is 0.496 e. The van der Waals surface area contributed by atoms with Crippen LogP contribution in [0.15, 0.2) is 30.6 Å². The SMILES string of the molecule is COc1cc(OC)cc(OCc2cnc(N)cn2)c1. The highest BCUT2D eigenvalue weighted by Gasteiger charge is 2.04. The van der Waals surface area contributed by atoms with Crippen molar-refractivity contribution in [2.45, 2.75) is 6.61 Å². The van der Waals surface area contributed by atoms with E-state index in [1.165, 1.54) is 6.20 Å². The van der Waals surface area contributed by atoms with Crippen LogP contribution in [-0.2, 0) is 6.61 Å². The van der Waals surface area contributed by atoms with Gasteiger partial charge in [0, 0.05) is 18.2 Å². The summed E-state index contributed by atoms with van der Waals surface area (Å²) in [6, 6.07) is 5.32. The van der Waals surface area contributed by atoms with E-state index in [-0.39, 0.29) is 0 Å². The lowest BCUT2D eigenvalue weighted by Crippen LogP contribution is -2.01. The van der Waals surface area contributed by atoms with Gasteiger partial charge in [-0.2, -0.15) is 0 Å². The highest BCUT2D eigenvalue weighted by Crippen LogP contribution is 2.27. The number of nitrogens with two attached hydrogens (primary N) is 1. The topological polar surface area (TPSA) is 79.5 Å². The summed E-state index contributed by atoms with van der Waals surface area (Å²) in [5, 5.41) is 0. The standard InChI is InChI=1S/C13H15N3O3/c1-17-10-3-11(18-2)5-12(4-10)19-8-9-6-16-13(14)7-15-9/h3-7H,8H2,1-2H3,(H2,14,16). The number of nitrogens with zero attached hydrogens (tertiary/aromatic N) is 2. The third-order valence-corrected chi connectivity index (χ3v) is 2.44. The molecule has 1 heterocycles. The van der Waals surface area contributed by atoms with Crippen molar-refractivity contribution in [3.63, 3.8) is 0 Å². The Bertz CT molecular complexity index is 521. The zero-order chi connectivity index (χ0) is 13.7. The third-order valence-electron chi connectivity index (χ3n) is 2.44. The predicted molar refractivity (Wildman–Crippen MR) is 70.3 cm³/mol. The molecule has 0 atom stereocenters. The maximum Gasteiger partial charge on any atom is 0.141 e. The Morgan fingerprint density at radius 1 is 0.947 bits per heavy atom. The van der Waals surface area contributed by atoms with Crippen molar-refractivity contribution in [1.82, 2.24) is 9.97 Å². The Morgan fingerprint density at radius 2 is 1.58 bits per heavy atom. The lowest BCUT2D eigenvalue weighted by Gasteiger charge is -2.09. The second-order valence-corrected chi connectivity index (χ2v) is 3.77. The molecule has 0 saturated heterocycles. The van der Waals surface area contributed by atoms with Gasteiger partial charge in [-0.25, -0.2) is 4.98 Å². The summed E-state index contributed by atoms with van der Waals surface area (Å²) < 4.78 is 15.9. The molecular weight excluding hydrogens is 246 g/mol. The van der Waals surface area contributed by atoms with E-state index in [0.717, 1.165) is 0 Å². The monoisotopic (exact) mass is 261 g/mol. The Hall–Kier alpha value is -2.50. The van der Waals surface area contributed by atoms with E-state index in [0.29, 0.717) is 35.4 Å². The Morgan fingerprint density at radius 3 is 2.11 bits per heavy atom. The zero-order valence-electron chi connectivity index (χ0n) is 10.8. The average Bonchev–Trinajstić information content (AvgIpc) is 2.46. The van der Waals surface area contributed by atoms with Gasteiger partial charge in [0.2, 0.25) is 0 Å². The van der Waals surface area contributed by atoms with Crippen LogP contribution in [0, 0.1) is 0 Å². The van der Waals surface area contributed by atoms with Crippen LogP contribution >= 0.6 is 0 Å². The van der Waals surface area contributed by atoms with Gasteiger partial charge in [0.05, 0.1) is 32.3 Å². The van der Waals surface area contributed by atoms with Crippen LogP contribution in [0.2, 0.25) is 0 Å². The van der Waals surface area contributed by atoms with E-state index < -0.39 is 0 Å². The van der Waals surface area contributed by atoms with Crippen LogP contribution in [-0.4, -0.2) is 24.2 Å². The van der Waals surface area contributed by atoms with Crippen LogP contribution in [0.4, 0.5) is 5.82 Å². The van der Waals surface area contributed by atoms with E-state index in [2.05, 4.69) is 9.97 Å². The van der Waals surface area contributed by atoms with Gasteiger partial charge in [-0.1, -0.05) is 0 Å². The Kier molecular flexibility index (Phi) is 4.02. The summed E-state index contributed by atoms with van der Waals surface area (Å²) in [5.74, 6) is 2.34. The van der Waals surface area contributed by atoms with E-state index in [1.807, 2.05) is 0 Å². The fourth-order valence-electron chi connectivity index (χ4n) is 1.46. The maximum absolute atomic E-state index is 5.61. The second-order valence-electron chi connectivity index (χ2n) is 3.77. The molecule has 0 bridgehead atoms. The van der Waals surface area contributed by atoms with Gasteiger partial charge in [0.1, 0.15) is 29.7 Å². The molecule has 0 saturated carbocycles. The number of ether oxygens (including phenoxy) is 3. The molecule has 0 unspecified atom stereocenters. The first-order chi connectivity index (χ1) is 9.21. The summed E-state index contributed by atoms with van der Waals surface area (Å²) >= 11 is 0. The van der Waals surface area contributed by atoms with Crippen molar-refractivity contribution in [3.8, 4) is 17.2 Å². The number of aromatic nitrogens is 2. The first-order valence-electron chi connectivity index (χ1n) is 5.63. The molecule has 2 rings (SSSR count). The molecule has 0 radical (unpaired) electrons. The average molecular weight is 261 g/mol. The minimum Gasteiger partial charge on any atom is -0.496 e. The summed E-state index contributed by atoms with van der Waals surface area (Å²) in [7, 11) is 3.17. The molecule has 19 heavy (non-hydrogen) atoms. The van der Waals surface area contributed by atoms with Crippen LogP contribution in [0.5, 0.6) is 17.2 Å². The molecule has 0 aliphatic heterocycles. The van der Waals surface area contributed by atoms with Crippen LogP contribution in [0.3, 0.4) is 0 Å². The van der Waals surface area contributed by atoms with Gasteiger partial charge >= 0.3 is 0 Å². The minimum atomic E-state index is 0.295. The molecular formula is C13H15N3O3. The predicted octanol–water partition coefficient (Wildman–Crippen LogP) is 1.65. The van der Waals surface area contributed by atoms with Gasteiger partial charge in [-0.05, 0) is 0 Å². The normalized spacial score (nSPS) is 10.0. The van der Waals surface area contributed by atoms with Gasteiger partial charge in [0.25, 0.3) is 0 Å². The summed E-state index contributed by atoms with van der Waals surface area (Å²) in [6.45, 7) is 0.295. The summed E-state index contributed by atoms with van der Waals surface area (Å²) in [4.78, 5) is 8.05. The van der Waals surface area contributed by atoms with Crippen molar-refractivity contribution in [2.75, 3.05) is 20.0 Å². The number of hydrogen-bond acceptors (Lipinski definition) is 6. The van der Waals surface area contributed by atoms with Gasteiger partial charge < -0.3 is 19.9 Å². The van der Waals surface area contributed by atoms with E-state index >= 15 is 0 Å². The molecule has 2 N–H and O–H groups in total. The summed E-state index contributed by atoms with van der Waals surface area (Å²) in [6.07, 6.45) is 3.07. The van der Waals surface area contributed by atoms with Crippen LogP contribution in [0.1, 0.15) is 5.69 Å². The molecule has 0 amide bonds. The lowest BCUT2D eigenvalue weighted by atomic mass is 10.3. The zero-order valence-corrected chi connectivity index (χ0v) is 10.8. The quantitative estimate of drug-likeness (QED) is 0.881. The molecule has 2 aromatic rings. The second kappa shape index (κ2) is 5.90. The number of hydrogen-bond donors (Lipinski definition) is 1. The molecule has 0 spiro atoms. The van der Waals surface area contributed by atoms with E-state index in [1.54, 1.807) is 38.6 Å². The molecule has 0 fully saturated rings. The Balaban J connectivity index is 2.08. The maximum atomic E-state index is 5.61. The highest BCUT2D eigenvalue weighted by molar-refractivity contribution is 5.42. The molecule has 1 aromatic heterocycles. The Labute approximate surface area is 111 Å². The van der Waals surface area contributed by atoms with Crippen molar-refractivity contribution in [2.24, 2.45) is 0 Å². The van der Waals surface area contributed by atoms with E-state index in [9.17, 15) is 0 Å². The molecule has 1 aromatic carbocycles. The molecule has 6 nitrogen and oxygen atoms in total. The number of benzene rings is 1. The van der Waals surface area contributed by atoms with Crippen molar-refractivity contribution in [1.29, 1.82) is 0 Å². The van der Waals surface area contributed by atoms with Gasteiger partial charge in [0.15, 0.2) is 0 Å². The van der Waals surface area contributed by atoms with Gasteiger partial charge in [-0.3, -0.25) is 4.98 Å². The van der Waals surface area contributed by atoms with E-state index in [4.69, 9.17) is 19.9 Å². The van der Waals surface area contributed by atoms with Crippen LogP contribution in [0.25, 0.3) is 0 Å². The summed E-state index contributed by atoms with van der Waals surface area (Å²) in [5.41, 5.74) is 6.15. The number of methoxy groups -OCH3 is 2. The van der Waals surface area contributed by atoms with Crippen molar-refractivity contribution < 1.29 is 14.2 Å². The fourth-order valence-corrected chi connectivity index (χ4v) is 1.46. The van der Waals surface area contributed by atoms with Crippen LogP contribution < -0.4 is 19.9 Å². The first-order valence-corrected chi connectivity index (χ1v) is 5.63. The molecule has 100 valence electrons. The molecule has 0 aliphatic carbocycles. The van der Waals surface area contributed by atoms with Gasteiger partial charge in [-0.15, -0.1) is 0 Å².